The first-order chi connectivity index (χ1) is 22.6. The molecule has 2 atom stereocenters. The van der Waals surface area contributed by atoms with Crippen molar-refractivity contribution in [2.75, 3.05) is 26.3 Å². The number of carbonyl (C=O) groups is 2. The standard InChI is InChI=1S/C38H58N2O6/c41-31-39-25-13-21-35(29-33-15-5-1-2-6-16-33)19-9-11-27-45-37(43)23-24-38(44)46-28-12-10-20-36(22-14-26-40-32-42)30-34-17-7-3-4-8-18-34/h15,17,23-24,35-36H,1-14,16,18-22,25-30H2. The first-order valence-electron chi connectivity index (χ1n) is 18.0. The van der Waals surface area contributed by atoms with Crippen LogP contribution in [0.1, 0.15) is 141 Å². The fraction of sp³-hybridized carbons (Fsp3) is 0.737. The van der Waals surface area contributed by atoms with Gasteiger partial charge in [0, 0.05) is 12.2 Å². The molecule has 0 bridgehead atoms. The van der Waals surface area contributed by atoms with Gasteiger partial charge in [-0.1, -0.05) is 49.0 Å². The molecule has 0 aromatic heterocycles. The van der Waals surface area contributed by atoms with E-state index in [4.69, 9.17) is 9.47 Å². The van der Waals surface area contributed by atoms with Gasteiger partial charge < -0.3 is 9.47 Å². The van der Waals surface area contributed by atoms with Crippen molar-refractivity contribution in [1.82, 2.24) is 0 Å². The topological polar surface area (TPSA) is 111 Å². The van der Waals surface area contributed by atoms with Gasteiger partial charge in [-0.3, -0.25) is 0 Å². The van der Waals surface area contributed by atoms with E-state index in [2.05, 4.69) is 22.1 Å². The van der Waals surface area contributed by atoms with E-state index in [0.717, 1.165) is 89.2 Å². The fourth-order valence-electron chi connectivity index (χ4n) is 6.63. The summed E-state index contributed by atoms with van der Waals surface area (Å²) in [4.78, 5) is 52.4. The van der Waals surface area contributed by atoms with Crippen molar-refractivity contribution in [3.8, 4) is 0 Å². The Bertz CT molecular complexity index is 969. The molecule has 256 valence electrons. The summed E-state index contributed by atoms with van der Waals surface area (Å²) in [5.41, 5.74) is 3.13. The molecule has 0 amide bonds. The van der Waals surface area contributed by atoms with Crippen LogP contribution in [0.25, 0.3) is 0 Å². The third-order valence-electron chi connectivity index (χ3n) is 9.12. The minimum absolute atomic E-state index is 0.322. The Morgan fingerprint density at radius 1 is 0.630 bits per heavy atom. The highest BCUT2D eigenvalue weighted by Gasteiger charge is 2.14. The summed E-state index contributed by atoms with van der Waals surface area (Å²) >= 11 is 0. The van der Waals surface area contributed by atoms with Crippen LogP contribution in [0.15, 0.2) is 45.4 Å². The van der Waals surface area contributed by atoms with Gasteiger partial charge in [-0.25, -0.2) is 29.2 Å². The van der Waals surface area contributed by atoms with Crippen LogP contribution in [0, 0.1) is 11.8 Å². The van der Waals surface area contributed by atoms with Crippen LogP contribution in [-0.4, -0.2) is 50.4 Å². The first-order valence-corrected chi connectivity index (χ1v) is 18.0. The average Bonchev–Trinajstić information content (AvgIpc) is 3.48. The molecule has 0 saturated carbocycles. The van der Waals surface area contributed by atoms with E-state index in [-0.39, 0.29) is 0 Å². The average molecular weight is 639 g/mol. The Balaban J connectivity index is 1.61. The second kappa shape index (κ2) is 27.1. The highest BCUT2D eigenvalue weighted by molar-refractivity contribution is 5.91. The Labute approximate surface area is 277 Å². The van der Waals surface area contributed by atoms with Gasteiger partial charge in [0.25, 0.3) is 0 Å². The molecular weight excluding hydrogens is 580 g/mol. The first kappa shape index (κ1) is 39.1. The van der Waals surface area contributed by atoms with Gasteiger partial charge in [-0.15, -0.1) is 0 Å². The lowest BCUT2D eigenvalue weighted by Gasteiger charge is -2.18. The number of aliphatic imine (C=N–C) groups is 2. The Morgan fingerprint density at radius 2 is 1.07 bits per heavy atom. The van der Waals surface area contributed by atoms with Crippen LogP contribution in [0.4, 0.5) is 0 Å². The predicted octanol–water partition coefficient (Wildman–Crippen LogP) is 9.00. The zero-order chi connectivity index (χ0) is 32.9. The van der Waals surface area contributed by atoms with Gasteiger partial charge in [-0.05, 0) is 127 Å². The largest absolute Gasteiger partial charge is 0.463 e. The zero-order valence-corrected chi connectivity index (χ0v) is 28.2. The molecule has 2 aliphatic rings. The molecule has 0 aromatic carbocycles. The number of rotatable bonds is 24. The third kappa shape index (κ3) is 20.9. The van der Waals surface area contributed by atoms with Gasteiger partial charge >= 0.3 is 11.9 Å². The van der Waals surface area contributed by atoms with Gasteiger partial charge in [0.1, 0.15) is 0 Å². The molecule has 0 spiro atoms. The van der Waals surface area contributed by atoms with Crippen molar-refractivity contribution in [3.05, 3.63) is 35.5 Å². The van der Waals surface area contributed by atoms with E-state index in [9.17, 15) is 19.2 Å². The smallest absolute Gasteiger partial charge is 0.331 e. The minimum atomic E-state index is -0.529. The molecular formula is C38H58N2O6. The van der Waals surface area contributed by atoms with Crippen molar-refractivity contribution >= 4 is 24.1 Å². The molecule has 0 aromatic rings. The van der Waals surface area contributed by atoms with Gasteiger partial charge in [0.2, 0.25) is 12.2 Å². The van der Waals surface area contributed by atoms with Crippen LogP contribution in [-0.2, 0) is 28.7 Å². The number of ether oxygens (including phenoxy) is 2. The maximum Gasteiger partial charge on any atom is 0.331 e. The Hall–Kier alpha value is -3.08. The van der Waals surface area contributed by atoms with Crippen LogP contribution in [0.2, 0.25) is 0 Å². The van der Waals surface area contributed by atoms with Crippen molar-refractivity contribution in [2.45, 2.75) is 141 Å². The van der Waals surface area contributed by atoms with Crippen molar-refractivity contribution < 1.29 is 28.7 Å². The minimum Gasteiger partial charge on any atom is -0.463 e. The van der Waals surface area contributed by atoms with E-state index >= 15 is 0 Å². The lowest BCUT2D eigenvalue weighted by Crippen LogP contribution is -2.08. The van der Waals surface area contributed by atoms with Crippen LogP contribution in [0.3, 0.4) is 0 Å². The molecule has 0 heterocycles. The number of esters is 2. The SMILES string of the molecule is O=C=NCCCC(CCCCOC(=O)C=CC(=O)OCCCCC(CCCN=C=O)CC1=CCCCCC1)CC1=CCCCCC1. The summed E-state index contributed by atoms with van der Waals surface area (Å²) in [6.07, 6.45) is 34.4. The summed E-state index contributed by atoms with van der Waals surface area (Å²) in [7, 11) is 0. The molecule has 2 aliphatic carbocycles. The number of isocyanates is 2. The summed E-state index contributed by atoms with van der Waals surface area (Å²) in [5.74, 6) is 0.0331. The molecule has 0 N–H and O–H groups in total. The molecule has 8 nitrogen and oxygen atoms in total. The summed E-state index contributed by atoms with van der Waals surface area (Å²) < 4.78 is 10.6. The van der Waals surface area contributed by atoms with Crippen LogP contribution < -0.4 is 0 Å². The number of nitrogens with zero attached hydrogens (tertiary/aromatic N) is 2. The molecule has 2 rings (SSSR count). The molecule has 0 aliphatic heterocycles. The highest BCUT2D eigenvalue weighted by Crippen LogP contribution is 2.29. The number of hydrogen-bond acceptors (Lipinski definition) is 8. The second-order valence-corrected chi connectivity index (χ2v) is 13.0. The molecule has 2 unspecified atom stereocenters. The predicted molar refractivity (Wildman–Crippen MR) is 182 cm³/mol. The van der Waals surface area contributed by atoms with E-state index in [1.54, 1.807) is 23.3 Å². The number of allylic oxidation sites excluding steroid dienone is 4. The summed E-state index contributed by atoms with van der Waals surface area (Å²) in [6, 6.07) is 0. The monoisotopic (exact) mass is 638 g/mol. The number of unbranched alkanes of at least 4 members (excludes halogenated alkanes) is 2. The molecule has 0 saturated heterocycles. The Kier molecular flexibility index (Phi) is 23.0. The van der Waals surface area contributed by atoms with E-state index < -0.39 is 11.9 Å². The molecule has 0 fully saturated rings. The number of hydrogen-bond donors (Lipinski definition) is 0. The van der Waals surface area contributed by atoms with Crippen LogP contribution >= 0.6 is 0 Å². The van der Waals surface area contributed by atoms with E-state index in [1.807, 2.05) is 0 Å². The maximum absolute atomic E-state index is 12.1. The summed E-state index contributed by atoms with van der Waals surface area (Å²) in [6.45, 7) is 1.71. The highest BCUT2D eigenvalue weighted by atomic mass is 16.5. The van der Waals surface area contributed by atoms with Gasteiger partial charge in [-0.2, -0.15) is 0 Å². The van der Waals surface area contributed by atoms with Crippen LogP contribution in [0.5, 0.6) is 0 Å². The zero-order valence-electron chi connectivity index (χ0n) is 28.2. The van der Waals surface area contributed by atoms with Gasteiger partial charge in [0.15, 0.2) is 0 Å². The lowest BCUT2D eigenvalue weighted by molar-refractivity contribution is -0.140. The van der Waals surface area contributed by atoms with E-state index in [0.29, 0.717) is 38.1 Å². The summed E-state index contributed by atoms with van der Waals surface area (Å²) in [5, 5.41) is 0. The quantitative estimate of drug-likeness (QED) is 0.0260. The third-order valence-corrected chi connectivity index (χ3v) is 9.12. The normalized spacial score (nSPS) is 16.5. The second-order valence-electron chi connectivity index (χ2n) is 13.0. The Morgan fingerprint density at radius 3 is 1.50 bits per heavy atom. The molecule has 0 radical (unpaired) electrons. The van der Waals surface area contributed by atoms with Crippen molar-refractivity contribution in [3.63, 3.8) is 0 Å². The fourth-order valence-corrected chi connectivity index (χ4v) is 6.63. The van der Waals surface area contributed by atoms with Gasteiger partial charge in [0.05, 0.1) is 26.3 Å². The van der Waals surface area contributed by atoms with E-state index in [1.165, 1.54) is 64.2 Å². The van der Waals surface area contributed by atoms with Crippen molar-refractivity contribution in [1.29, 1.82) is 0 Å². The maximum atomic E-state index is 12.1. The number of carbonyl (C=O) groups excluding carboxylic acids is 4. The molecule has 46 heavy (non-hydrogen) atoms. The molecule has 8 heteroatoms. The van der Waals surface area contributed by atoms with Crippen molar-refractivity contribution in [2.24, 2.45) is 21.8 Å². The lowest BCUT2D eigenvalue weighted by atomic mass is 9.88.